The van der Waals surface area contributed by atoms with Crippen molar-refractivity contribution in [2.24, 2.45) is 0 Å². The number of hydrogen-bond acceptors (Lipinski definition) is 2. The molecule has 0 radical (unpaired) electrons. The summed E-state index contributed by atoms with van der Waals surface area (Å²) < 4.78 is 13.2. The SMILES string of the molecule is COc1cc2c3ccccc3n(-c3ccccc3)c2cc1OC. The molecule has 23 heavy (non-hydrogen) atoms. The molecule has 114 valence electrons. The molecule has 0 spiro atoms. The Labute approximate surface area is 134 Å². The Morgan fingerprint density at radius 2 is 1.30 bits per heavy atom. The maximum Gasteiger partial charge on any atom is 0.162 e. The van der Waals surface area contributed by atoms with E-state index in [4.69, 9.17) is 9.47 Å². The molecule has 3 aromatic carbocycles. The van der Waals surface area contributed by atoms with Crippen molar-refractivity contribution in [3.8, 4) is 17.2 Å². The van der Waals surface area contributed by atoms with Crippen LogP contribution in [-0.2, 0) is 0 Å². The van der Waals surface area contributed by atoms with E-state index in [1.807, 2.05) is 12.1 Å². The molecule has 0 aliphatic heterocycles. The topological polar surface area (TPSA) is 23.4 Å². The molecule has 1 aromatic heterocycles. The lowest BCUT2D eigenvalue weighted by molar-refractivity contribution is 0.356. The van der Waals surface area contributed by atoms with Crippen LogP contribution in [0.1, 0.15) is 0 Å². The molecule has 0 unspecified atom stereocenters. The Balaban J connectivity index is 2.18. The average Bonchev–Trinajstić information content (AvgIpc) is 2.94. The van der Waals surface area contributed by atoms with Gasteiger partial charge in [0, 0.05) is 22.5 Å². The van der Waals surface area contributed by atoms with E-state index in [1.54, 1.807) is 14.2 Å². The summed E-state index contributed by atoms with van der Waals surface area (Å²) in [5.41, 5.74) is 3.41. The molecule has 3 nitrogen and oxygen atoms in total. The third-order valence-electron chi connectivity index (χ3n) is 4.19. The van der Waals surface area contributed by atoms with Gasteiger partial charge in [-0.15, -0.1) is 0 Å². The second kappa shape index (κ2) is 5.36. The van der Waals surface area contributed by atoms with Gasteiger partial charge < -0.3 is 14.0 Å². The van der Waals surface area contributed by atoms with Crippen LogP contribution in [0, 0.1) is 0 Å². The van der Waals surface area contributed by atoms with Crippen molar-refractivity contribution < 1.29 is 9.47 Å². The monoisotopic (exact) mass is 303 g/mol. The maximum absolute atomic E-state index is 5.49. The highest BCUT2D eigenvalue weighted by atomic mass is 16.5. The van der Waals surface area contributed by atoms with Gasteiger partial charge in [-0.05, 0) is 24.3 Å². The van der Waals surface area contributed by atoms with Gasteiger partial charge in [0.05, 0.1) is 25.3 Å². The van der Waals surface area contributed by atoms with Crippen molar-refractivity contribution in [3.63, 3.8) is 0 Å². The molecule has 0 bridgehead atoms. The van der Waals surface area contributed by atoms with Crippen molar-refractivity contribution in [1.29, 1.82) is 0 Å². The Bertz CT molecular complexity index is 987. The molecule has 0 fully saturated rings. The van der Waals surface area contributed by atoms with E-state index in [0.29, 0.717) is 0 Å². The third kappa shape index (κ3) is 2.05. The number of ether oxygens (including phenoxy) is 2. The number of rotatable bonds is 3. The Hall–Kier alpha value is -2.94. The number of para-hydroxylation sites is 2. The standard InChI is InChI=1S/C20H17NO2/c1-22-19-12-16-15-10-6-7-11-17(15)21(14-8-4-3-5-9-14)18(16)13-20(19)23-2/h3-13H,1-2H3. The molecule has 3 heteroatoms. The number of benzene rings is 3. The molecule has 0 saturated carbocycles. The van der Waals surface area contributed by atoms with E-state index in [2.05, 4.69) is 59.2 Å². The van der Waals surface area contributed by atoms with Gasteiger partial charge in [-0.2, -0.15) is 0 Å². The summed E-state index contributed by atoms with van der Waals surface area (Å²) >= 11 is 0. The summed E-state index contributed by atoms with van der Waals surface area (Å²) in [7, 11) is 3.33. The second-order valence-electron chi connectivity index (χ2n) is 5.41. The van der Waals surface area contributed by atoms with Crippen LogP contribution in [0.3, 0.4) is 0 Å². The van der Waals surface area contributed by atoms with E-state index in [0.717, 1.165) is 28.1 Å². The first-order valence-electron chi connectivity index (χ1n) is 7.54. The van der Waals surface area contributed by atoms with Crippen LogP contribution in [0.2, 0.25) is 0 Å². The van der Waals surface area contributed by atoms with Crippen LogP contribution in [0.4, 0.5) is 0 Å². The summed E-state index contributed by atoms with van der Waals surface area (Å²) in [5.74, 6) is 1.48. The number of methoxy groups -OCH3 is 2. The fourth-order valence-corrected chi connectivity index (χ4v) is 3.15. The lowest BCUT2D eigenvalue weighted by Gasteiger charge is -2.10. The largest absolute Gasteiger partial charge is 0.493 e. The van der Waals surface area contributed by atoms with Gasteiger partial charge in [-0.3, -0.25) is 0 Å². The fourth-order valence-electron chi connectivity index (χ4n) is 3.15. The minimum absolute atomic E-state index is 0.736. The number of fused-ring (bicyclic) bond motifs is 3. The van der Waals surface area contributed by atoms with Gasteiger partial charge in [0.25, 0.3) is 0 Å². The first-order valence-corrected chi connectivity index (χ1v) is 7.54. The smallest absolute Gasteiger partial charge is 0.162 e. The Morgan fingerprint density at radius 3 is 2.04 bits per heavy atom. The van der Waals surface area contributed by atoms with E-state index in [1.165, 1.54) is 10.9 Å². The van der Waals surface area contributed by atoms with E-state index < -0.39 is 0 Å². The van der Waals surface area contributed by atoms with Crippen LogP contribution >= 0.6 is 0 Å². The Morgan fingerprint density at radius 1 is 0.652 bits per heavy atom. The molecule has 0 N–H and O–H groups in total. The molecule has 4 aromatic rings. The van der Waals surface area contributed by atoms with Crippen molar-refractivity contribution in [2.45, 2.75) is 0 Å². The van der Waals surface area contributed by atoms with Crippen LogP contribution in [0.5, 0.6) is 11.5 Å². The third-order valence-corrected chi connectivity index (χ3v) is 4.19. The molecule has 0 saturated heterocycles. The molecule has 0 aliphatic carbocycles. The molecule has 1 heterocycles. The Kier molecular flexibility index (Phi) is 3.19. The lowest BCUT2D eigenvalue weighted by atomic mass is 10.1. The molecule has 0 aliphatic rings. The second-order valence-corrected chi connectivity index (χ2v) is 5.41. The highest BCUT2D eigenvalue weighted by Crippen LogP contribution is 2.38. The van der Waals surface area contributed by atoms with Gasteiger partial charge in [0.1, 0.15) is 0 Å². The van der Waals surface area contributed by atoms with Crippen molar-refractivity contribution >= 4 is 21.8 Å². The zero-order chi connectivity index (χ0) is 15.8. The quantitative estimate of drug-likeness (QED) is 0.542. The highest BCUT2D eigenvalue weighted by Gasteiger charge is 2.15. The zero-order valence-electron chi connectivity index (χ0n) is 13.1. The predicted octanol–water partition coefficient (Wildman–Crippen LogP) is 4.80. The summed E-state index contributed by atoms with van der Waals surface area (Å²) in [6.45, 7) is 0. The zero-order valence-corrected chi connectivity index (χ0v) is 13.1. The normalized spacial score (nSPS) is 11.0. The average molecular weight is 303 g/mol. The van der Waals surface area contributed by atoms with E-state index >= 15 is 0 Å². The number of aromatic nitrogens is 1. The van der Waals surface area contributed by atoms with Crippen LogP contribution in [0.25, 0.3) is 27.5 Å². The van der Waals surface area contributed by atoms with Gasteiger partial charge in [0.15, 0.2) is 11.5 Å². The molecule has 4 rings (SSSR count). The molecular weight excluding hydrogens is 286 g/mol. The predicted molar refractivity (Wildman–Crippen MR) is 93.9 cm³/mol. The number of nitrogens with zero attached hydrogens (tertiary/aromatic N) is 1. The first-order chi connectivity index (χ1) is 11.3. The van der Waals surface area contributed by atoms with Crippen molar-refractivity contribution in [2.75, 3.05) is 14.2 Å². The summed E-state index contributed by atoms with van der Waals surface area (Å²) in [5, 5.41) is 2.36. The van der Waals surface area contributed by atoms with Gasteiger partial charge in [0.2, 0.25) is 0 Å². The van der Waals surface area contributed by atoms with E-state index in [9.17, 15) is 0 Å². The van der Waals surface area contributed by atoms with Crippen molar-refractivity contribution in [3.05, 3.63) is 66.7 Å². The number of hydrogen-bond donors (Lipinski definition) is 0. The van der Waals surface area contributed by atoms with Crippen LogP contribution < -0.4 is 9.47 Å². The minimum atomic E-state index is 0.736. The molecular formula is C20H17NO2. The summed E-state index contributed by atoms with van der Waals surface area (Å²) in [6.07, 6.45) is 0. The van der Waals surface area contributed by atoms with Gasteiger partial charge >= 0.3 is 0 Å². The molecule has 0 atom stereocenters. The first kappa shape index (κ1) is 13.7. The fraction of sp³-hybridized carbons (Fsp3) is 0.100. The highest BCUT2D eigenvalue weighted by molar-refractivity contribution is 6.10. The maximum atomic E-state index is 5.49. The van der Waals surface area contributed by atoms with Crippen LogP contribution in [0.15, 0.2) is 66.7 Å². The van der Waals surface area contributed by atoms with Crippen molar-refractivity contribution in [1.82, 2.24) is 4.57 Å². The minimum Gasteiger partial charge on any atom is -0.493 e. The van der Waals surface area contributed by atoms with Gasteiger partial charge in [-0.25, -0.2) is 0 Å². The van der Waals surface area contributed by atoms with Gasteiger partial charge in [-0.1, -0.05) is 36.4 Å². The molecule has 0 amide bonds. The van der Waals surface area contributed by atoms with Crippen LogP contribution in [-0.4, -0.2) is 18.8 Å². The summed E-state index contributed by atoms with van der Waals surface area (Å²) in [6, 6.07) is 22.9. The lowest BCUT2D eigenvalue weighted by Crippen LogP contribution is -1.95. The summed E-state index contributed by atoms with van der Waals surface area (Å²) in [4.78, 5) is 0. The van der Waals surface area contributed by atoms with E-state index in [-0.39, 0.29) is 0 Å².